The number of alkyl halides is 3. The zero-order chi connectivity index (χ0) is 15.7. The Bertz CT molecular complexity index is 360. The second-order valence-corrected chi connectivity index (χ2v) is 8.11. The van der Waals surface area contributed by atoms with Crippen LogP contribution >= 0.6 is 0 Å². The van der Waals surface area contributed by atoms with Gasteiger partial charge in [-0.3, -0.25) is 4.74 Å². The van der Waals surface area contributed by atoms with Crippen LogP contribution in [-0.4, -0.2) is 12.5 Å². The summed E-state index contributed by atoms with van der Waals surface area (Å²) in [5.74, 6) is 3.75. The number of hydrogen-bond acceptors (Lipinski definition) is 1. The van der Waals surface area contributed by atoms with Crippen LogP contribution in [0.15, 0.2) is 0 Å². The van der Waals surface area contributed by atoms with Gasteiger partial charge in [-0.1, -0.05) is 19.8 Å². The van der Waals surface area contributed by atoms with E-state index >= 15 is 0 Å². The Balaban J connectivity index is 1.49. The lowest BCUT2D eigenvalue weighted by Gasteiger charge is -2.45. The molecule has 0 N–H and O–H groups in total. The van der Waals surface area contributed by atoms with Crippen LogP contribution < -0.4 is 0 Å². The maximum absolute atomic E-state index is 12.4. The van der Waals surface area contributed by atoms with Gasteiger partial charge in [0, 0.05) is 0 Å². The van der Waals surface area contributed by atoms with Crippen LogP contribution in [-0.2, 0) is 4.74 Å². The molecular formula is C18H29F3O. The van der Waals surface area contributed by atoms with Gasteiger partial charge in [0.15, 0.2) is 0 Å². The summed E-state index contributed by atoms with van der Waals surface area (Å²) in [4.78, 5) is 0. The van der Waals surface area contributed by atoms with Gasteiger partial charge in [0.2, 0.25) is 0 Å². The average Bonchev–Trinajstić information content (AvgIpc) is 2.46. The van der Waals surface area contributed by atoms with E-state index in [0.29, 0.717) is 24.7 Å². The highest BCUT2D eigenvalue weighted by Gasteiger charge is 2.42. The topological polar surface area (TPSA) is 9.23 Å². The predicted octanol–water partition coefficient (Wildman–Crippen LogP) is 5.93. The first-order chi connectivity index (χ1) is 10.4. The molecule has 0 aromatic heterocycles. The van der Waals surface area contributed by atoms with E-state index in [1.165, 1.54) is 38.5 Å². The molecule has 0 heterocycles. The molecule has 128 valence electrons. The molecule has 0 aromatic rings. The zero-order valence-electron chi connectivity index (χ0n) is 13.6. The molecule has 3 rings (SSSR count). The van der Waals surface area contributed by atoms with E-state index in [9.17, 15) is 13.2 Å². The van der Waals surface area contributed by atoms with Crippen molar-refractivity contribution < 1.29 is 17.9 Å². The van der Waals surface area contributed by atoms with Gasteiger partial charge >= 0.3 is 6.36 Å². The fourth-order valence-corrected chi connectivity index (χ4v) is 5.36. The fraction of sp³-hybridized carbons (Fsp3) is 1.00. The predicted molar refractivity (Wildman–Crippen MR) is 80.2 cm³/mol. The lowest BCUT2D eigenvalue weighted by atomic mass is 9.62. The first-order valence-corrected chi connectivity index (χ1v) is 9.15. The Hall–Kier alpha value is -0.250. The Labute approximate surface area is 132 Å². The molecule has 22 heavy (non-hydrogen) atoms. The van der Waals surface area contributed by atoms with Crippen molar-refractivity contribution >= 4 is 0 Å². The third-order valence-corrected chi connectivity index (χ3v) is 6.63. The van der Waals surface area contributed by atoms with E-state index in [1.54, 1.807) is 0 Å². The molecule has 4 unspecified atom stereocenters. The molecule has 3 aliphatic carbocycles. The molecule has 0 amide bonds. The van der Waals surface area contributed by atoms with Gasteiger partial charge in [0.1, 0.15) is 0 Å². The van der Waals surface area contributed by atoms with Crippen molar-refractivity contribution in [1.29, 1.82) is 0 Å². The molecule has 4 heteroatoms. The number of fused-ring (bicyclic) bond motifs is 1. The molecule has 0 saturated heterocycles. The molecular weight excluding hydrogens is 289 g/mol. The Morgan fingerprint density at radius 3 is 1.82 bits per heavy atom. The maximum Gasteiger partial charge on any atom is 0.522 e. The highest BCUT2D eigenvalue weighted by Crippen LogP contribution is 2.48. The second kappa shape index (κ2) is 6.70. The fourth-order valence-electron chi connectivity index (χ4n) is 5.36. The zero-order valence-corrected chi connectivity index (χ0v) is 13.6. The monoisotopic (exact) mass is 318 g/mol. The van der Waals surface area contributed by atoms with Crippen LogP contribution in [0.3, 0.4) is 0 Å². The third kappa shape index (κ3) is 4.18. The summed E-state index contributed by atoms with van der Waals surface area (Å²) in [5, 5.41) is 0. The molecule has 0 aliphatic heterocycles. The summed E-state index contributed by atoms with van der Waals surface area (Å²) in [6.07, 6.45) is 6.22. The molecule has 0 aromatic carbocycles. The van der Waals surface area contributed by atoms with Crippen LogP contribution in [0, 0.1) is 29.6 Å². The number of rotatable bonds is 2. The average molecular weight is 318 g/mol. The van der Waals surface area contributed by atoms with E-state index < -0.39 is 12.5 Å². The van der Waals surface area contributed by atoms with Gasteiger partial charge < -0.3 is 0 Å². The molecule has 4 atom stereocenters. The minimum Gasteiger partial charge on any atom is -0.289 e. The van der Waals surface area contributed by atoms with E-state index in [0.717, 1.165) is 30.6 Å². The molecule has 3 fully saturated rings. The number of ether oxygens (including phenoxy) is 1. The van der Waals surface area contributed by atoms with Crippen LogP contribution in [0.5, 0.6) is 0 Å². The SMILES string of the molecule is CC1CCC(C2CCC3CC(OC(F)(F)F)CCC3C2)CC1. The van der Waals surface area contributed by atoms with Gasteiger partial charge in [0.05, 0.1) is 6.10 Å². The van der Waals surface area contributed by atoms with Crippen molar-refractivity contribution in [3.63, 3.8) is 0 Å². The number of halogens is 3. The van der Waals surface area contributed by atoms with Crippen LogP contribution in [0.25, 0.3) is 0 Å². The Morgan fingerprint density at radius 1 is 0.682 bits per heavy atom. The summed E-state index contributed by atoms with van der Waals surface area (Å²) in [6.45, 7) is 2.36. The van der Waals surface area contributed by atoms with E-state index in [2.05, 4.69) is 11.7 Å². The maximum atomic E-state index is 12.4. The van der Waals surface area contributed by atoms with Crippen molar-refractivity contribution in [2.75, 3.05) is 0 Å². The standard InChI is InChI=1S/C18H29F3O/c1-12-2-4-13(5-3-12)14-6-7-16-11-17(22-18(19,20)21)9-8-15(16)10-14/h12-17H,2-11H2,1H3. The van der Waals surface area contributed by atoms with Gasteiger partial charge in [-0.05, 0) is 81.0 Å². The summed E-state index contributed by atoms with van der Waals surface area (Å²) in [6, 6.07) is 0. The summed E-state index contributed by atoms with van der Waals surface area (Å²) in [5.41, 5.74) is 0. The summed E-state index contributed by atoms with van der Waals surface area (Å²) < 4.78 is 41.4. The normalized spacial score (nSPS) is 43.6. The van der Waals surface area contributed by atoms with Crippen molar-refractivity contribution in [3.05, 3.63) is 0 Å². The van der Waals surface area contributed by atoms with Gasteiger partial charge in [-0.2, -0.15) is 0 Å². The molecule has 3 aliphatic rings. The smallest absolute Gasteiger partial charge is 0.289 e. The Morgan fingerprint density at radius 2 is 1.18 bits per heavy atom. The minimum absolute atomic E-state index is 0.472. The van der Waals surface area contributed by atoms with Crippen molar-refractivity contribution in [2.45, 2.75) is 83.6 Å². The van der Waals surface area contributed by atoms with Crippen molar-refractivity contribution in [3.8, 4) is 0 Å². The first-order valence-electron chi connectivity index (χ1n) is 9.15. The first kappa shape index (κ1) is 16.6. The van der Waals surface area contributed by atoms with Crippen LogP contribution in [0.4, 0.5) is 13.2 Å². The van der Waals surface area contributed by atoms with Crippen LogP contribution in [0.1, 0.15) is 71.1 Å². The lowest BCUT2D eigenvalue weighted by molar-refractivity contribution is -0.347. The minimum atomic E-state index is -4.46. The van der Waals surface area contributed by atoms with Crippen LogP contribution in [0.2, 0.25) is 0 Å². The highest BCUT2D eigenvalue weighted by atomic mass is 19.4. The molecule has 1 nitrogen and oxygen atoms in total. The third-order valence-electron chi connectivity index (χ3n) is 6.63. The molecule has 0 bridgehead atoms. The van der Waals surface area contributed by atoms with Gasteiger partial charge in [-0.25, -0.2) is 0 Å². The largest absolute Gasteiger partial charge is 0.522 e. The number of hydrogen-bond donors (Lipinski definition) is 0. The highest BCUT2D eigenvalue weighted by molar-refractivity contribution is 4.89. The van der Waals surface area contributed by atoms with E-state index in [-0.39, 0.29) is 0 Å². The van der Waals surface area contributed by atoms with E-state index in [4.69, 9.17) is 0 Å². The van der Waals surface area contributed by atoms with Crippen molar-refractivity contribution in [1.82, 2.24) is 0 Å². The summed E-state index contributed by atoms with van der Waals surface area (Å²) in [7, 11) is 0. The quantitative estimate of drug-likeness (QED) is 0.613. The molecule has 3 saturated carbocycles. The second-order valence-electron chi connectivity index (χ2n) is 8.11. The van der Waals surface area contributed by atoms with Crippen molar-refractivity contribution in [2.24, 2.45) is 29.6 Å². The van der Waals surface area contributed by atoms with E-state index in [1.807, 2.05) is 0 Å². The van der Waals surface area contributed by atoms with Gasteiger partial charge in [0.25, 0.3) is 0 Å². The summed E-state index contributed by atoms with van der Waals surface area (Å²) >= 11 is 0. The lowest BCUT2D eigenvalue weighted by Crippen LogP contribution is -2.38. The van der Waals surface area contributed by atoms with Gasteiger partial charge in [-0.15, -0.1) is 13.2 Å². The molecule has 0 radical (unpaired) electrons. The Kier molecular flexibility index (Phi) is 5.06. The molecule has 0 spiro atoms.